The number of benzene rings is 1. The van der Waals surface area contributed by atoms with E-state index in [9.17, 15) is 4.79 Å². The number of nitrogens with one attached hydrogen (secondary N) is 1. The number of nitrogens with zero attached hydrogens (tertiary/aromatic N) is 1. The minimum atomic E-state index is -0.828. The van der Waals surface area contributed by atoms with Crippen LogP contribution >= 0.6 is 0 Å². The molecule has 0 radical (unpaired) electrons. The van der Waals surface area contributed by atoms with Crippen LogP contribution in [0.2, 0.25) is 0 Å². The molecule has 0 fully saturated rings. The lowest BCUT2D eigenvalue weighted by Gasteiger charge is -2.24. The molecule has 0 unspecified atom stereocenters. The van der Waals surface area contributed by atoms with Gasteiger partial charge in [0.05, 0.1) is 23.9 Å². The first-order chi connectivity index (χ1) is 9.95. The van der Waals surface area contributed by atoms with E-state index < -0.39 is 5.41 Å². The average Bonchev–Trinajstić information content (AvgIpc) is 2.48. The molecular weight excluding hydrogens is 266 g/mol. The topological polar surface area (TPSA) is 77.2 Å². The van der Waals surface area contributed by atoms with Crippen LogP contribution in [-0.4, -0.2) is 18.0 Å². The fourth-order valence-electron chi connectivity index (χ4n) is 2.01. The Hall–Kier alpha value is -2.56. The molecule has 5 heteroatoms. The molecule has 0 atom stereocenters. The normalized spacial score (nSPS) is 11.0. The van der Waals surface area contributed by atoms with E-state index >= 15 is 0 Å². The van der Waals surface area contributed by atoms with Gasteiger partial charge in [0.1, 0.15) is 5.75 Å². The standard InChI is InChI=1S/C16H19N3O2/c1-16(2,14-13(17)5-4-10-18-14)15(20)19-11-6-8-12(21-3)9-7-11/h4-10H,17H2,1-3H3,(H,19,20). The largest absolute Gasteiger partial charge is 0.497 e. The number of hydrogen-bond acceptors (Lipinski definition) is 4. The molecule has 0 spiro atoms. The van der Waals surface area contributed by atoms with Gasteiger partial charge in [-0.1, -0.05) is 0 Å². The lowest BCUT2D eigenvalue weighted by Crippen LogP contribution is -2.36. The van der Waals surface area contributed by atoms with Crippen LogP contribution in [-0.2, 0) is 10.2 Å². The third-order valence-electron chi connectivity index (χ3n) is 3.35. The molecule has 2 aromatic rings. The average molecular weight is 285 g/mol. The Kier molecular flexibility index (Phi) is 4.12. The first-order valence-corrected chi connectivity index (χ1v) is 6.61. The minimum absolute atomic E-state index is 0.168. The summed E-state index contributed by atoms with van der Waals surface area (Å²) in [4.78, 5) is 16.7. The highest BCUT2D eigenvalue weighted by Crippen LogP contribution is 2.27. The van der Waals surface area contributed by atoms with Crippen LogP contribution in [0.3, 0.4) is 0 Å². The number of hydrogen-bond donors (Lipinski definition) is 2. The summed E-state index contributed by atoms with van der Waals surface area (Å²) in [5.41, 5.74) is 6.86. The molecule has 1 aromatic heterocycles. The molecule has 0 saturated carbocycles. The lowest BCUT2D eigenvalue weighted by molar-refractivity contribution is -0.120. The zero-order chi connectivity index (χ0) is 15.5. The van der Waals surface area contributed by atoms with Gasteiger partial charge < -0.3 is 15.8 Å². The SMILES string of the molecule is COc1ccc(NC(=O)C(C)(C)c2ncccc2N)cc1. The smallest absolute Gasteiger partial charge is 0.236 e. The maximum absolute atomic E-state index is 12.5. The first-order valence-electron chi connectivity index (χ1n) is 6.61. The molecule has 1 amide bonds. The van der Waals surface area contributed by atoms with Crippen molar-refractivity contribution in [3.8, 4) is 5.75 Å². The molecule has 3 N–H and O–H groups in total. The molecule has 21 heavy (non-hydrogen) atoms. The van der Waals surface area contributed by atoms with E-state index in [2.05, 4.69) is 10.3 Å². The van der Waals surface area contributed by atoms with Crippen molar-refractivity contribution in [2.75, 3.05) is 18.2 Å². The summed E-state index contributed by atoms with van der Waals surface area (Å²) in [6, 6.07) is 10.6. The number of amides is 1. The molecule has 0 aliphatic heterocycles. The third-order valence-corrected chi connectivity index (χ3v) is 3.35. The summed E-state index contributed by atoms with van der Waals surface area (Å²) < 4.78 is 5.09. The van der Waals surface area contributed by atoms with Crippen molar-refractivity contribution in [1.29, 1.82) is 0 Å². The highest BCUT2D eigenvalue weighted by molar-refractivity contribution is 5.99. The van der Waals surface area contributed by atoms with Gasteiger partial charge >= 0.3 is 0 Å². The van der Waals surface area contributed by atoms with Crippen molar-refractivity contribution in [1.82, 2.24) is 4.98 Å². The third kappa shape index (κ3) is 3.13. The van der Waals surface area contributed by atoms with Crippen molar-refractivity contribution in [3.05, 3.63) is 48.3 Å². The maximum atomic E-state index is 12.5. The van der Waals surface area contributed by atoms with Crippen LogP contribution in [0.1, 0.15) is 19.5 Å². The van der Waals surface area contributed by atoms with Gasteiger partial charge in [-0.05, 0) is 50.2 Å². The minimum Gasteiger partial charge on any atom is -0.497 e. The van der Waals surface area contributed by atoms with Gasteiger partial charge in [0.2, 0.25) is 5.91 Å². The van der Waals surface area contributed by atoms with E-state index in [1.54, 1.807) is 63.6 Å². The van der Waals surface area contributed by atoms with Gasteiger partial charge in [-0.15, -0.1) is 0 Å². The highest BCUT2D eigenvalue weighted by atomic mass is 16.5. The molecule has 2 rings (SSSR count). The van der Waals surface area contributed by atoms with Crippen LogP contribution in [0.5, 0.6) is 5.75 Å². The van der Waals surface area contributed by atoms with Crippen molar-refractivity contribution < 1.29 is 9.53 Å². The highest BCUT2D eigenvalue weighted by Gasteiger charge is 2.33. The Morgan fingerprint density at radius 1 is 1.24 bits per heavy atom. The lowest BCUT2D eigenvalue weighted by atomic mass is 9.86. The van der Waals surface area contributed by atoms with Gasteiger partial charge in [0.15, 0.2) is 0 Å². The van der Waals surface area contributed by atoms with Crippen molar-refractivity contribution >= 4 is 17.3 Å². The summed E-state index contributed by atoms with van der Waals surface area (Å²) in [6.45, 7) is 3.59. The van der Waals surface area contributed by atoms with E-state index in [0.29, 0.717) is 17.1 Å². The fraction of sp³-hybridized carbons (Fsp3) is 0.250. The van der Waals surface area contributed by atoms with E-state index in [0.717, 1.165) is 5.75 Å². The Labute approximate surface area is 124 Å². The van der Waals surface area contributed by atoms with E-state index in [-0.39, 0.29) is 5.91 Å². The predicted octanol–water partition coefficient (Wildman–Crippen LogP) is 2.59. The zero-order valence-corrected chi connectivity index (χ0v) is 12.4. The number of methoxy groups -OCH3 is 1. The molecule has 110 valence electrons. The summed E-state index contributed by atoms with van der Waals surface area (Å²) >= 11 is 0. The summed E-state index contributed by atoms with van der Waals surface area (Å²) in [5, 5.41) is 2.87. The Morgan fingerprint density at radius 2 is 1.90 bits per heavy atom. The first kappa shape index (κ1) is 14.8. The molecule has 0 bridgehead atoms. The quantitative estimate of drug-likeness (QED) is 0.905. The zero-order valence-electron chi connectivity index (χ0n) is 12.4. The number of rotatable bonds is 4. The van der Waals surface area contributed by atoms with Crippen molar-refractivity contribution in [2.45, 2.75) is 19.3 Å². The van der Waals surface area contributed by atoms with Crippen molar-refractivity contribution in [3.63, 3.8) is 0 Å². The van der Waals surface area contributed by atoms with Gasteiger partial charge in [0, 0.05) is 11.9 Å². The second-order valence-corrected chi connectivity index (χ2v) is 5.25. The van der Waals surface area contributed by atoms with E-state index in [1.807, 2.05) is 0 Å². The number of carbonyl (C=O) groups is 1. The van der Waals surface area contributed by atoms with Gasteiger partial charge in [0.25, 0.3) is 0 Å². The Morgan fingerprint density at radius 3 is 2.48 bits per heavy atom. The van der Waals surface area contributed by atoms with Crippen molar-refractivity contribution in [2.24, 2.45) is 0 Å². The second-order valence-electron chi connectivity index (χ2n) is 5.25. The van der Waals surface area contributed by atoms with Gasteiger partial charge in [-0.3, -0.25) is 9.78 Å². The van der Waals surface area contributed by atoms with Gasteiger partial charge in [-0.25, -0.2) is 0 Å². The Bertz CT molecular complexity index is 636. The van der Waals surface area contributed by atoms with Crippen LogP contribution in [0, 0.1) is 0 Å². The van der Waals surface area contributed by atoms with Crippen LogP contribution in [0.15, 0.2) is 42.6 Å². The summed E-state index contributed by atoms with van der Waals surface area (Å²) in [6.07, 6.45) is 1.63. The molecule has 1 heterocycles. The molecule has 1 aromatic carbocycles. The molecule has 0 aliphatic carbocycles. The second kappa shape index (κ2) is 5.83. The van der Waals surface area contributed by atoms with E-state index in [4.69, 9.17) is 10.5 Å². The van der Waals surface area contributed by atoms with E-state index in [1.165, 1.54) is 0 Å². The van der Waals surface area contributed by atoms with Crippen LogP contribution in [0.4, 0.5) is 11.4 Å². The molecular formula is C16H19N3O2. The summed E-state index contributed by atoms with van der Waals surface area (Å²) in [7, 11) is 1.60. The molecule has 5 nitrogen and oxygen atoms in total. The number of pyridine rings is 1. The Balaban J connectivity index is 2.20. The molecule has 0 saturated heterocycles. The number of aromatic nitrogens is 1. The number of nitrogen functional groups attached to an aromatic ring is 1. The fourth-order valence-corrected chi connectivity index (χ4v) is 2.01. The number of ether oxygens (including phenoxy) is 1. The predicted molar refractivity (Wildman–Crippen MR) is 83.3 cm³/mol. The van der Waals surface area contributed by atoms with Gasteiger partial charge in [-0.2, -0.15) is 0 Å². The van der Waals surface area contributed by atoms with Crippen LogP contribution in [0.25, 0.3) is 0 Å². The molecule has 0 aliphatic rings. The van der Waals surface area contributed by atoms with Crippen LogP contribution < -0.4 is 15.8 Å². The number of anilines is 2. The maximum Gasteiger partial charge on any atom is 0.236 e. The number of nitrogens with two attached hydrogens (primary N) is 1. The number of carbonyl (C=O) groups excluding carboxylic acids is 1. The monoisotopic (exact) mass is 285 g/mol. The summed E-state index contributed by atoms with van der Waals surface area (Å²) in [5.74, 6) is 0.569.